The minimum Gasteiger partial charge on any atom is -0.350 e. The van der Waals surface area contributed by atoms with E-state index in [1.165, 1.54) is 11.3 Å². The zero-order valence-corrected chi connectivity index (χ0v) is 13.1. The molecule has 2 rings (SSSR count). The SMILES string of the molecule is Cc1cc(C(=O)NCC2CCCS2(=O)=O)sc1Br. The normalized spacial score (nSPS) is 22.0. The molecule has 1 aromatic heterocycles. The maximum absolute atomic E-state index is 11.9. The lowest BCUT2D eigenvalue weighted by molar-refractivity contribution is 0.0957. The second kappa shape index (κ2) is 5.30. The van der Waals surface area contributed by atoms with Crippen LogP contribution in [0.2, 0.25) is 0 Å². The summed E-state index contributed by atoms with van der Waals surface area (Å²) in [7, 11) is -2.99. The summed E-state index contributed by atoms with van der Waals surface area (Å²) in [6.45, 7) is 2.13. The highest BCUT2D eigenvalue weighted by atomic mass is 79.9. The molecule has 0 bridgehead atoms. The topological polar surface area (TPSA) is 63.2 Å². The van der Waals surface area contributed by atoms with Gasteiger partial charge in [-0.1, -0.05) is 0 Å². The second-order valence-corrected chi connectivity index (χ2v) is 9.18. The van der Waals surface area contributed by atoms with E-state index >= 15 is 0 Å². The summed E-state index contributed by atoms with van der Waals surface area (Å²) in [5.74, 6) is 0.0490. The predicted molar refractivity (Wildman–Crippen MR) is 75.9 cm³/mol. The number of amides is 1. The third kappa shape index (κ3) is 2.95. The largest absolute Gasteiger partial charge is 0.350 e. The average molecular weight is 352 g/mol. The highest BCUT2D eigenvalue weighted by Gasteiger charge is 2.31. The predicted octanol–water partition coefficient (Wildman–Crippen LogP) is 2.13. The quantitative estimate of drug-likeness (QED) is 0.907. The van der Waals surface area contributed by atoms with Crippen LogP contribution in [-0.2, 0) is 9.84 Å². The number of aryl methyl sites for hydroxylation is 1. The van der Waals surface area contributed by atoms with E-state index in [0.29, 0.717) is 17.7 Å². The number of carbonyl (C=O) groups is 1. The number of halogens is 1. The summed E-state index contributed by atoms with van der Waals surface area (Å²) in [5, 5.41) is 2.30. The van der Waals surface area contributed by atoms with Gasteiger partial charge in [0.05, 0.1) is 19.7 Å². The monoisotopic (exact) mass is 351 g/mol. The number of rotatable bonds is 3. The van der Waals surface area contributed by atoms with Crippen molar-refractivity contribution in [1.29, 1.82) is 0 Å². The number of nitrogens with one attached hydrogen (secondary N) is 1. The summed E-state index contributed by atoms with van der Waals surface area (Å²) in [4.78, 5) is 12.5. The number of hydrogen-bond donors (Lipinski definition) is 1. The number of carbonyl (C=O) groups excluding carboxylic acids is 1. The van der Waals surface area contributed by atoms with E-state index in [1.807, 2.05) is 6.92 Å². The van der Waals surface area contributed by atoms with E-state index in [-0.39, 0.29) is 18.2 Å². The van der Waals surface area contributed by atoms with Crippen molar-refractivity contribution in [1.82, 2.24) is 5.32 Å². The lowest BCUT2D eigenvalue weighted by Gasteiger charge is -2.09. The molecule has 1 amide bonds. The summed E-state index contributed by atoms with van der Waals surface area (Å²) >= 11 is 4.72. The summed E-state index contributed by atoms with van der Waals surface area (Å²) in [6, 6.07) is 1.80. The maximum Gasteiger partial charge on any atom is 0.261 e. The molecule has 1 aliphatic heterocycles. The number of sulfone groups is 1. The van der Waals surface area contributed by atoms with E-state index < -0.39 is 15.1 Å². The van der Waals surface area contributed by atoms with Crippen LogP contribution in [0, 0.1) is 6.92 Å². The molecule has 18 heavy (non-hydrogen) atoms. The van der Waals surface area contributed by atoms with Gasteiger partial charge < -0.3 is 5.32 Å². The smallest absolute Gasteiger partial charge is 0.261 e. The van der Waals surface area contributed by atoms with Gasteiger partial charge in [0.15, 0.2) is 9.84 Å². The number of thiophene rings is 1. The van der Waals surface area contributed by atoms with Crippen LogP contribution < -0.4 is 5.32 Å². The molecule has 100 valence electrons. The highest BCUT2D eigenvalue weighted by molar-refractivity contribution is 9.11. The lowest BCUT2D eigenvalue weighted by atomic mass is 10.2. The standard InChI is InChI=1S/C11H14BrNO3S2/c1-7-5-9(17-10(7)12)11(14)13-6-8-3-2-4-18(8,15)16/h5,8H,2-4,6H2,1H3,(H,13,14). The van der Waals surface area contributed by atoms with E-state index in [9.17, 15) is 13.2 Å². The first-order chi connectivity index (χ1) is 8.40. The Kier molecular flexibility index (Phi) is 4.13. The molecule has 0 radical (unpaired) electrons. The van der Waals surface area contributed by atoms with E-state index in [4.69, 9.17) is 0 Å². The van der Waals surface area contributed by atoms with Gasteiger partial charge in [-0.15, -0.1) is 11.3 Å². The Morgan fingerprint density at radius 1 is 1.61 bits per heavy atom. The Morgan fingerprint density at radius 2 is 2.33 bits per heavy atom. The van der Waals surface area contributed by atoms with Gasteiger partial charge in [-0.2, -0.15) is 0 Å². The molecule has 1 unspecified atom stereocenters. The van der Waals surface area contributed by atoms with Crippen LogP contribution in [0.5, 0.6) is 0 Å². The maximum atomic E-state index is 11.9. The van der Waals surface area contributed by atoms with Gasteiger partial charge >= 0.3 is 0 Å². The zero-order valence-electron chi connectivity index (χ0n) is 9.90. The van der Waals surface area contributed by atoms with Crippen LogP contribution >= 0.6 is 27.3 Å². The molecule has 1 atom stereocenters. The van der Waals surface area contributed by atoms with Crippen molar-refractivity contribution in [3.05, 3.63) is 20.3 Å². The molecule has 1 aromatic rings. The molecule has 2 heterocycles. The van der Waals surface area contributed by atoms with Crippen molar-refractivity contribution in [2.75, 3.05) is 12.3 Å². The minimum atomic E-state index is -2.99. The van der Waals surface area contributed by atoms with E-state index in [0.717, 1.165) is 9.35 Å². The lowest BCUT2D eigenvalue weighted by Crippen LogP contribution is -2.34. The molecule has 0 aromatic carbocycles. The summed E-state index contributed by atoms with van der Waals surface area (Å²) < 4.78 is 24.2. The third-order valence-electron chi connectivity index (χ3n) is 3.03. The minimum absolute atomic E-state index is 0.198. The fraction of sp³-hybridized carbons (Fsp3) is 0.545. The Balaban J connectivity index is 1.97. The van der Waals surface area contributed by atoms with Crippen LogP contribution in [0.1, 0.15) is 28.1 Å². The molecule has 1 saturated heterocycles. The Bertz CT molecular complexity index is 545. The van der Waals surface area contributed by atoms with Crippen LogP contribution in [0.15, 0.2) is 9.85 Å². The van der Waals surface area contributed by atoms with Gasteiger partial charge in [-0.05, 0) is 47.3 Å². The van der Waals surface area contributed by atoms with E-state index in [2.05, 4.69) is 21.2 Å². The van der Waals surface area contributed by atoms with Crippen LogP contribution in [-0.4, -0.2) is 31.9 Å². The van der Waals surface area contributed by atoms with Crippen molar-refractivity contribution in [3.8, 4) is 0 Å². The summed E-state index contributed by atoms with van der Waals surface area (Å²) in [6.07, 6.45) is 1.35. The van der Waals surface area contributed by atoms with E-state index in [1.54, 1.807) is 6.07 Å². The fourth-order valence-corrected chi connectivity index (χ4v) is 5.17. The molecule has 1 N–H and O–H groups in total. The molecule has 7 heteroatoms. The first-order valence-corrected chi connectivity index (χ1v) is 8.98. The van der Waals surface area contributed by atoms with Crippen LogP contribution in [0.4, 0.5) is 0 Å². The van der Waals surface area contributed by atoms with Crippen molar-refractivity contribution < 1.29 is 13.2 Å². The van der Waals surface area contributed by atoms with Gasteiger partial charge in [0.1, 0.15) is 0 Å². The van der Waals surface area contributed by atoms with Crippen molar-refractivity contribution in [3.63, 3.8) is 0 Å². The van der Waals surface area contributed by atoms with Gasteiger partial charge in [-0.3, -0.25) is 4.79 Å². The number of hydrogen-bond acceptors (Lipinski definition) is 4. The molecule has 0 spiro atoms. The Morgan fingerprint density at radius 3 is 2.83 bits per heavy atom. The third-order valence-corrected chi connectivity index (χ3v) is 7.45. The molecule has 4 nitrogen and oxygen atoms in total. The molecule has 1 fully saturated rings. The van der Waals surface area contributed by atoms with Crippen LogP contribution in [0.25, 0.3) is 0 Å². The summed E-state index contributed by atoms with van der Waals surface area (Å²) in [5.41, 5.74) is 1.01. The molecule has 0 saturated carbocycles. The van der Waals surface area contributed by atoms with Gasteiger partial charge in [-0.25, -0.2) is 8.42 Å². The van der Waals surface area contributed by atoms with Gasteiger partial charge in [0.25, 0.3) is 5.91 Å². The fourth-order valence-electron chi connectivity index (χ4n) is 1.95. The van der Waals surface area contributed by atoms with Crippen molar-refractivity contribution >= 4 is 43.0 Å². The first-order valence-electron chi connectivity index (χ1n) is 5.66. The second-order valence-electron chi connectivity index (χ2n) is 4.41. The van der Waals surface area contributed by atoms with Gasteiger partial charge in [0.2, 0.25) is 0 Å². The van der Waals surface area contributed by atoms with Crippen LogP contribution in [0.3, 0.4) is 0 Å². The average Bonchev–Trinajstić information content (AvgIpc) is 2.79. The van der Waals surface area contributed by atoms with Crippen molar-refractivity contribution in [2.45, 2.75) is 25.0 Å². The van der Waals surface area contributed by atoms with Gasteiger partial charge in [0, 0.05) is 6.54 Å². The Labute approximate surface area is 119 Å². The highest BCUT2D eigenvalue weighted by Crippen LogP contribution is 2.27. The zero-order chi connectivity index (χ0) is 13.3. The molecule has 1 aliphatic rings. The molecular formula is C11H14BrNO3S2. The molecule has 0 aliphatic carbocycles. The van der Waals surface area contributed by atoms with Crippen molar-refractivity contribution in [2.24, 2.45) is 0 Å². The molecular weight excluding hydrogens is 338 g/mol. The first kappa shape index (κ1) is 14.0. The Hall–Kier alpha value is -0.400.